The van der Waals surface area contributed by atoms with Crippen molar-refractivity contribution in [2.75, 3.05) is 11.1 Å². The van der Waals surface area contributed by atoms with Crippen LogP contribution in [0.3, 0.4) is 0 Å². The summed E-state index contributed by atoms with van der Waals surface area (Å²) in [5.74, 6) is -2.15. The zero-order chi connectivity index (χ0) is 23.3. The molecule has 0 fully saturated rings. The summed E-state index contributed by atoms with van der Waals surface area (Å²) in [7, 11) is 0. The quantitative estimate of drug-likeness (QED) is 0.434. The van der Waals surface area contributed by atoms with E-state index in [1.165, 1.54) is 6.07 Å². The second-order valence-electron chi connectivity index (χ2n) is 6.94. The molecule has 1 heterocycles. The van der Waals surface area contributed by atoms with Gasteiger partial charge in [0.05, 0.1) is 5.69 Å². The molecule has 0 aliphatic heterocycles. The fourth-order valence-electron chi connectivity index (χ4n) is 3.11. The second kappa shape index (κ2) is 9.59. The number of phenolic OH excluding ortho intramolecular Hbond substituents is 1. The van der Waals surface area contributed by atoms with E-state index in [9.17, 15) is 30.2 Å². The summed E-state index contributed by atoms with van der Waals surface area (Å²) in [6, 6.07) is 16.7. The fraction of sp³-hybridized carbons (Fsp3) is 0.130. The average Bonchev–Trinajstić information content (AvgIpc) is 2.77. The van der Waals surface area contributed by atoms with Crippen molar-refractivity contribution < 1.29 is 24.9 Å². The molecule has 0 aliphatic rings. The Hall–Kier alpha value is -4.42. The molecule has 1 unspecified atom stereocenters. The van der Waals surface area contributed by atoms with E-state index in [-0.39, 0.29) is 23.6 Å². The van der Waals surface area contributed by atoms with Gasteiger partial charge >= 0.3 is 0 Å². The number of hydrogen-bond acceptors (Lipinski definition) is 8. The molecular formula is C23H19N4O5-. The molecule has 3 aromatic rings. The van der Waals surface area contributed by atoms with Gasteiger partial charge in [-0.15, -0.1) is 0 Å². The molecule has 1 atom stereocenters. The zero-order valence-electron chi connectivity index (χ0n) is 16.8. The molecule has 1 amide bonds. The molecule has 9 nitrogen and oxygen atoms in total. The number of benzene rings is 2. The smallest absolute Gasteiger partial charge is 0.253 e. The van der Waals surface area contributed by atoms with Crippen LogP contribution in [0.5, 0.6) is 5.75 Å². The van der Waals surface area contributed by atoms with Gasteiger partial charge in [-0.05, 0) is 48.7 Å². The highest BCUT2D eigenvalue weighted by atomic mass is 16.4. The topological polar surface area (TPSA) is 172 Å². The maximum atomic E-state index is 12.1. The summed E-state index contributed by atoms with van der Waals surface area (Å²) in [6.45, 7) is 0. The lowest BCUT2D eigenvalue weighted by molar-refractivity contribution is -0.306. The number of aromatic hydroxyl groups is 1. The molecule has 9 heteroatoms. The van der Waals surface area contributed by atoms with Gasteiger partial charge in [0.1, 0.15) is 29.3 Å². The number of carboxylic acids is 1. The van der Waals surface area contributed by atoms with Gasteiger partial charge in [-0.1, -0.05) is 24.3 Å². The van der Waals surface area contributed by atoms with E-state index in [0.717, 1.165) is 0 Å². The number of amides is 1. The lowest BCUT2D eigenvalue weighted by atomic mass is 9.97. The van der Waals surface area contributed by atoms with E-state index < -0.39 is 24.4 Å². The number of nitrogens with two attached hydrogens (primary N) is 1. The number of anilines is 2. The normalized spacial score (nSPS) is 11.4. The first-order valence-electron chi connectivity index (χ1n) is 9.58. The number of aromatic nitrogens is 1. The SMILES string of the molecule is N#Cc1c(-c2cccc(NC(=O)C(O)CCC(=O)[O-])c2)cc(-c2ccccc2O)nc1N. The lowest BCUT2D eigenvalue weighted by Gasteiger charge is -2.14. The van der Waals surface area contributed by atoms with Gasteiger partial charge in [0.15, 0.2) is 0 Å². The monoisotopic (exact) mass is 431 g/mol. The average molecular weight is 431 g/mol. The highest BCUT2D eigenvalue weighted by molar-refractivity contribution is 5.95. The summed E-state index contributed by atoms with van der Waals surface area (Å²) in [4.78, 5) is 26.9. The van der Waals surface area contributed by atoms with Crippen molar-refractivity contribution in [2.24, 2.45) is 0 Å². The number of aliphatic hydroxyl groups is 1. The Morgan fingerprint density at radius 3 is 2.59 bits per heavy atom. The van der Waals surface area contributed by atoms with Crippen molar-refractivity contribution in [1.82, 2.24) is 4.98 Å². The van der Waals surface area contributed by atoms with Crippen LogP contribution in [0.4, 0.5) is 11.5 Å². The van der Waals surface area contributed by atoms with Gasteiger partial charge in [0.2, 0.25) is 0 Å². The van der Waals surface area contributed by atoms with Gasteiger partial charge in [-0.2, -0.15) is 5.26 Å². The van der Waals surface area contributed by atoms with Gasteiger partial charge in [0, 0.05) is 22.8 Å². The molecule has 0 saturated heterocycles. The largest absolute Gasteiger partial charge is 0.550 e. The molecule has 0 saturated carbocycles. The number of rotatable bonds is 7. The number of phenols is 1. The third kappa shape index (κ3) is 5.00. The van der Waals surface area contributed by atoms with Crippen molar-refractivity contribution in [3.63, 3.8) is 0 Å². The first-order valence-corrected chi connectivity index (χ1v) is 9.58. The summed E-state index contributed by atoms with van der Waals surface area (Å²) in [5, 5.41) is 42.6. The van der Waals surface area contributed by atoms with Crippen molar-refractivity contribution in [3.05, 3.63) is 60.2 Å². The van der Waals surface area contributed by atoms with Gasteiger partial charge < -0.3 is 31.2 Å². The summed E-state index contributed by atoms with van der Waals surface area (Å²) in [6.07, 6.45) is -2.25. The predicted molar refractivity (Wildman–Crippen MR) is 115 cm³/mol. The molecule has 3 rings (SSSR count). The number of hydrogen-bond donors (Lipinski definition) is 4. The Bertz CT molecular complexity index is 1220. The number of aliphatic carboxylic acids is 1. The molecule has 0 spiro atoms. The summed E-state index contributed by atoms with van der Waals surface area (Å²) >= 11 is 0. The molecule has 1 aromatic heterocycles. The number of aliphatic hydroxyl groups excluding tert-OH is 1. The Morgan fingerprint density at radius 1 is 1.16 bits per heavy atom. The third-order valence-corrected chi connectivity index (χ3v) is 4.70. The number of carbonyl (C=O) groups excluding carboxylic acids is 2. The Kier molecular flexibility index (Phi) is 6.68. The van der Waals surface area contributed by atoms with Crippen molar-refractivity contribution >= 4 is 23.4 Å². The second-order valence-corrected chi connectivity index (χ2v) is 6.94. The molecule has 32 heavy (non-hydrogen) atoms. The third-order valence-electron chi connectivity index (χ3n) is 4.70. The Balaban J connectivity index is 1.96. The summed E-state index contributed by atoms with van der Waals surface area (Å²) < 4.78 is 0. The van der Waals surface area contributed by atoms with E-state index in [4.69, 9.17) is 5.73 Å². The maximum Gasteiger partial charge on any atom is 0.253 e. The number of nitrogens with one attached hydrogen (secondary N) is 1. The van der Waals surface area contributed by atoms with Crippen molar-refractivity contribution in [3.8, 4) is 34.2 Å². The zero-order valence-corrected chi connectivity index (χ0v) is 16.8. The van der Waals surface area contributed by atoms with Crippen LogP contribution < -0.4 is 16.2 Å². The number of nitrogens with zero attached hydrogens (tertiary/aromatic N) is 2. The highest BCUT2D eigenvalue weighted by Gasteiger charge is 2.17. The molecule has 0 bridgehead atoms. The van der Waals surface area contributed by atoms with Crippen LogP contribution in [0.2, 0.25) is 0 Å². The number of nitriles is 1. The number of pyridine rings is 1. The maximum absolute atomic E-state index is 12.1. The predicted octanol–water partition coefficient (Wildman–Crippen LogP) is 1.40. The number of carbonyl (C=O) groups is 2. The minimum absolute atomic E-state index is 0.00150. The molecule has 5 N–H and O–H groups in total. The van der Waals surface area contributed by atoms with Crippen LogP contribution in [-0.2, 0) is 9.59 Å². The van der Waals surface area contributed by atoms with Crippen LogP contribution in [-0.4, -0.2) is 33.2 Å². The van der Waals surface area contributed by atoms with Gasteiger partial charge in [0.25, 0.3) is 5.91 Å². The van der Waals surface area contributed by atoms with E-state index in [0.29, 0.717) is 28.1 Å². The van der Waals surface area contributed by atoms with Gasteiger partial charge in [-0.25, -0.2) is 4.98 Å². The van der Waals surface area contributed by atoms with Crippen LogP contribution in [0.1, 0.15) is 18.4 Å². The van der Waals surface area contributed by atoms with E-state index in [1.54, 1.807) is 48.5 Å². The first kappa shape index (κ1) is 22.3. The lowest BCUT2D eigenvalue weighted by Crippen LogP contribution is -2.30. The van der Waals surface area contributed by atoms with Crippen LogP contribution in [0, 0.1) is 11.3 Å². The molecule has 0 radical (unpaired) electrons. The van der Waals surface area contributed by atoms with Crippen molar-refractivity contribution in [1.29, 1.82) is 5.26 Å². The van der Waals surface area contributed by atoms with Crippen LogP contribution in [0.25, 0.3) is 22.4 Å². The minimum atomic E-state index is -1.52. The van der Waals surface area contributed by atoms with Crippen LogP contribution in [0.15, 0.2) is 54.6 Å². The minimum Gasteiger partial charge on any atom is -0.550 e. The van der Waals surface area contributed by atoms with E-state index in [1.807, 2.05) is 6.07 Å². The molecular weight excluding hydrogens is 412 g/mol. The Morgan fingerprint density at radius 2 is 1.91 bits per heavy atom. The first-order chi connectivity index (χ1) is 15.3. The number of nitrogen functional groups attached to an aromatic ring is 1. The molecule has 0 aliphatic carbocycles. The standard InChI is InChI=1S/C23H20N4O5/c24-12-17-16(11-18(27-22(17)25)15-6-1-2-7-19(15)28)13-4-3-5-14(10-13)26-23(32)20(29)8-9-21(30)31/h1-7,10-11,20,28-29H,8-9H2,(H2,25,27)(H,26,32)(H,30,31)/p-1. The van der Waals surface area contributed by atoms with Crippen molar-refractivity contribution in [2.45, 2.75) is 18.9 Å². The van der Waals surface area contributed by atoms with E-state index >= 15 is 0 Å². The Labute approximate surface area is 183 Å². The summed E-state index contributed by atoms with van der Waals surface area (Å²) in [5.41, 5.74) is 8.22. The fourth-order valence-corrected chi connectivity index (χ4v) is 3.11. The number of carboxylic acid groups (broad SMARTS) is 1. The van der Waals surface area contributed by atoms with Gasteiger partial charge in [-0.3, -0.25) is 4.79 Å². The molecule has 2 aromatic carbocycles. The highest BCUT2D eigenvalue weighted by Crippen LogP contribution is 2.35. The number of para-hydroxylation sites is 1. The molecule has 162 valence electrons. The van der Waals surface area contributed by atoms with E-state index in [2.05, 4.69) is 10.3 Å². The van der Waals surface area contributed by atoms with Crippen LogP contribution >= 0.6 is 0 Å².